The predicted octanol–water partition coefficient (Wildman–Crippen LogP) is 1.01. The largest absolute Gasteiger partial charge is 0.452 e. The van der Waals surface area contributed by atoms with Gasteiger partial charge in [-0.2, -0.15) is 0 Å². The van der Waals surface area contributed by atoms with Gasteiger partial charge in [0.2, 0.25) is 10.0 Å². The van der Waals surface area contributed by atoms with Crippen LogP contribution in [0.1, 0.15) is 15.9 Å². The Bertz CT molecular complexity index is 975. The lowest BCUT2D eigenvalue weighted by Gasteiger charge is -2.13. The van der Waals surface area contributed by atoms with Gasteiger partial charge in [0.1, 0.15) is 5.82 Å². The molecule has 3 N–H and O–H groups in total. The number of ether oxygens (including phenoxy) is 1. The molecule has 2 rings (SSSR count). The summed E-state index contributed by atoms with van der Waals surface area (Å²) in [6.07, 6.45) is 0. The van der Waals surface area contributed by atoms with Crippen LogP contribution >= 0.6 is 0 Å². The monoisotopic (exact) mass is 409 g/mol. The van der Waals surface area contributed by atoms with Gasteiger partial charge >= 0.3 is 5.97 Å². The summed E-state index contributed by atoms with van der Waals surface area (Å²) >= 11 is 0. The second-order valence-electron chi connectivity index (χ2n) is 6.10. The van der Waals surface area contributed by atoms with Gasteiger partial charge in [0, 0.05) is 26.3 Å². The van der Waals surface area contributed by atoms with Gasteiger partial charge in [0.25, 0.3) is 5.91 Å². The van der Waals surface area contributed by atoms with Crippen LogP contribution in [0.3, 0.4) is 0 Å². The van der Waals surface area contributed by atoms with Crippen LogP contribution < -0.4 is 15.4 Å². The number of nitrogens with one attached hydrogen (secondary N) is 1. The average molecular weight is 409 g/mol. The molecule has 0 fully saturated rings. The number of benzene rings is 2. The topological polar surface area (TPSA) is 119 Å². The van der Waals surface area contributed by atoms with Crippen LogP contribution in [0.4, 0.5) is 10.1 Å². The average Bonchev–Trinajstić information content (AvgIpc) is 2.64. The third-order valence-electron chi connectivity index (χ3n) is 3.76. The number of sulfonamides is 1. The van der Waals surface area contributed by atoms with Gasteiger partial charge in [-0.05, 0) is 35.9 Å². The molecular formula is C18H20FN3O5S. The van der Waals surface area contributed by atoms with Gasteiger partial charge in [0.15, 0.2) is 6.61 Å². The number of primary sulfonamides is 1. The molecule has 0 aliphatic carbocycles. The van der Waals surface area contributed by atoms with Gasteiger partial charge in [-0.25, -0.2) is 22.7 Å². The Morgan fingerprint density at radius 1 is 1.14 bits per heavy atom. The number of nitrogens with zero attached hydrogens (tertiary/aromatic N) is 1. The number of esters is 1. The van der Waals surface area contributed by atoms with E-state index < -0.39 is 44.8 Å². The summed E-state index contributed by atoms with van der Waals surface area (Å²) in [7, 11) is -0.293. The number of anilines is 1. The minimum absolute atomic E-state index is 0.222. The van der Waals surface area contributed by atoms with Crippen LogP contribution in [0.2, 0.25) is 0 Å². The zero-order chi connectivity index (χ0) is 20.9. The maximum atomic E-state index is 13.8. The zero-order valence-corrected chi connectivity index (χ0v) is 16.1. The van der Waals surface area contributed by atoms with Crippen molar-refractivity contribution in [2.75, 3.05) is 25.6 Å². The molecule has 1 amide bonds. The number of carbonyl (C=O) groups excluding carboxylic acids is 2. The highest BCUT2D eigenvalue weighted by molar-refractivity contribution is 7.89. The summed E-state index contributed by atoms with van der Waals surface area (Å²) in [5.74, 6) is -2.75. The third kappa shape index (κ3) is 5.76. The first-order valence-electron chi connectivity index (χ1n) is 8.10. The highest BCUT2D eigenvalue weighted by Gasteiger charge is 2.19. The van der Waals surface area contributed by atoms with E-state index in [2.05, 4.69) is 5.32 Å². The second-order valence-corrected chi connectivity index (χ2v) is 7.66. The molecule has 0 atom stereocenters. The van der Waals surface area contributed by atoms with Crippen LogP contribution in [0.25, 0.3) is 0 Å². The van der Waals surface area contributed by atoms with Crippen molar-refractivity contribution in [2.45, 2.75) is 11.4 Å². The summed E-state index contributed by atoms with van der Waals surface area (Å²) < 4.78 is 41.1. The van der Waals surface area contributed by atoms with Crippen molar-refractivity contribution in [2.24, 2.45) is 5.14 Å². The fourth-order valence-corrected chi connectivity index (χ4v) is 2.75. The van der Waals surface area contributed by atoms with Crippen molar-refractivity contribution in [3.05, 3.63) is 59.4 Å². The Hall–Kier alpha value is -2.98. The Balaban J connectivity index is 1.91. The van der Waals surface area contributed by atoms with Crippen LogP contribution in [-0.4, -0.2) is 41.0 Å². The lowest BCUT2D eigenvalue weighted by Crippen LogP contribution is -2.28. The third-order valence-corrected chi connectivity index (χ3v) is 4.67. The summed E-state index contributed by atoms with van der Waals surface area (Å²) in [4.78, 5) is 25.3. The standard InChI is InChI=1S/C18H20FN3O5S/c1-22(2)13-5-3-12(4-6-13)10-21-17(23)11-27-18(24)15-9-14(28(20,25)26)7-8-16(15)19/h3-9H,10-11H2,1-2H3,(H,21,23)(H2,20,25,26). The summed E-state index contributed by atoms with van der Waals surface area (Å²) in [6, 6.07) is 9.94. The normalized spacial score (nSPS) is 11.0. The molecule has 0 spiro atoms. The first-order chi connectivity index (χ1) is 13.1. The summed E-state index contributed by atoms with van der Waals surface area (Å²) in [5.41, 5.74) is 1.23. The highest BCUT2D eigenvalue weighted by Crippen LogP contribution is 2.15. The fourth-order valence-electron chi connectivity index (χ4n) is 2.21. The van der Waals surface area contributed by atoms with Gasteiger partial charge in [-0.3, -0.25) is 4.79 Å². The molecule has 150 valence electrons. The van der Waals surface area contributed by atoms with Crippen molar-refractivity contribution in [3.8, 4) is 0 Å². The summed E-state index contributed by atoms with van der Waals surface area (Å²) in [5, 5.41) is 7.51. The van der Waals surface area contributed by atoms with Gasteiger partial charge in [-0.1, -0.05) is 12.1 Å². The molecule has 8 nitrogen and oxygen atoms in total. The molecule has 0 unspecified atom stereocenters. The van der Waals surface area contributed by atoms with E-state index in [-0.39, 0.29) is 6.54 Å². The molecule has 0 aromatic heterocycles. The van der Waals surface area contributed by atoms with Crippen LogP contribution in [0.5, 0.6) is 0 Å². The van der Waals surface area contributed by atoms with E-state index >= 15 is 0 Å². The molecule has 0 saturated carbocycles. The quantitative estimate of drug-likeness (QED) is 0.659. The first kappa shape index (κ1) is 21.3. The van der Waals surface area contributed by atoms with Crippen molar-refractivity contribution in [1.82, 2.24) is 5.32 Å². The minimum Gasteiger partial charge on any atom is -0.452 e. The molecule has 0 radical (unpaired) electrons. The Morgan fingerprint density at radius 2 is 1.79 bits per heavy atom. The lowest BCUT2D eigenvalue weighted by atomic mass is 10.2. The highest BCUT2D eigenvalue weighted by atomic mass is 32.2. The number of hydrogen-bond acceptors (Lipinski definition) is 6. The van der Waals surface area contributed by atoms with Gasteiger partial charge in [0.05, 0.1) is 10.5 Å². The number of amides is 1. The first-order valence-corrected chi connectivity index (χ1v) is 9.65. The number of rotatable bonds is 7. The number of halogens is 1. The smallest absolute Gasteiger partial charge is 0.341 e. The Labute approximate surface area is 162 Å². The van der Waals surface area contributed by atoms with Crippen molar-refractivity contribution in [3.63, 3.8) is 0 Å². The van der Waals surface area contributed by atoms with Gasteiger partial charge < -0.3 is 15.0 Å². The molecular weight excluding hydrogens is 389 g/mol. The molecule has 0 aliphatic rings. The van der Waals surface area contributed by atoms with E-state index in [1.807, 2.05) is 43.3 Å². The molecule has 0 heterocycles. The maximum Gasteiger partial charge on any atom is 0.341 e. The van der Waals surface area contributed by atoms with E-state index in [0.717, 1.165) is 29.4 Å². The maximum absolute atomic E-state index is 13.8. The second kappa shape index (κ2) is 8.81. The predicted molar refractivity (Wildman–Crippen MR) is 101 cm³/mol. The van der Waals surface area contributed by atoms with Crippen LogP contribution in [0, 0.1) is 5.82 Å². The SMILES string of the molecule is CN(C)c1ccc(CNC(=O)COC(=O)c2cc(S(N)(=O)=O)ccc2F)cc1. The molecule has 0 aliphatic heterocycles. The number of carbonyl (C=O) groups is 2. The van der Waals surface area contributed by atoms with E-state index in [1.165, 1.54) is 0 Å². The van der Waals surface area contributed by atoms with Crippen molar-refractivity contribution >= 4 is 27.6 Å². The van der Waals surface area contributed by atoms with Crippen molar-refractivity contribution in [1.29, 1.82) is 0 Å². The van der Waals surface area contributed by atoms with Crippen LogP contribution in [0.15, 0.2) is 47.4 Å². The lowest BCUT2D eigenvalue weighted by molar-refractivity contribution is -0.124. The molecule has 0 saturated heterocycles. The molecule has 2 aromatic rings. The van der Waals surface area contributed by atoms with Gasteiger partial charge in [-0.15, -0.1) is 0 Å². The minimum atomic E-state index is -4.11. The molecule has 10 heteroatoms. The molecule has 28 heavy (non-hydrogen) atoms. The Morgan fingerprint density at radius 3 is 2.36 bits per heavy atom. The van der Waals surface area contributed by atoms with E-state index in [4.69, 9.17) is 9.88 Å². The van der Waals surface area contributed by atoms with E-state index in [1.54, 1.807) is 0 Å². The van der Waals surface area contributed by atoms with Crippen LogP contribution in [-0.2, 0) is 26.1 Å². The summed E-state index contributed by atoms with van der Waals surface area (Å²) in [6.45, 7) is -0.424. The van der Waals surface area contributed by atoms with Crippen molar-refractivity contribution < 1.29 is 27.1 Å². The molecule has 2 aromatic carbocycles. The zero-order valence-electron chi connectivity index (χ0n) is 15.3. The number of nitrogens with two attached hydrogens (primary N) is 1. The van der Waals surface area contributed by atoms with E-state index in [9.17, 15) is 22.4 Å². The Kier molecular flexibility index (Phi) is 6.71. The number of hydrogen-bond donors (Lipinski definition) is 2. The van der Waals surface area contributed by atoms with E-state index in [0.29, 0.717) is 0 Å². The fraction of sp³-hybridized carbons (Fsp3) is 0.222. The molecule has 0 bridgehead atoms.